The maximum atomic E-state index is 14.2. The van der Waals surface area contributed by atoms with E-state index in [1.807, 2.05) is 37.3 Å². The second-order valence-electron chi connectivity index (χ2n) is 7.17. The van der Waals surface area contributed by atoms with Crippen molar-refractivity contribution >= 4 is 33.5 Å². The summed E-state index contributed by atoms with van der Waals surface area (Å²) < 4.78 is 21.2. The van der Waals surface area contributed by atoms with Gasteiger partial charge in [-0.2, -0.15) is 5.10 Å². The Bertz CT molecular complexity index is 1450. The molecule has 0 aliphatic carbocycles. The number of ether oxygens (including phenoxy) is 1. The van der Waals surface area contributed by atoms with E-state index in [0.29, 0.717) is 34.4 Å². The number of methoxy groups -OCH3 is 1. The van der Waals surface area contributed by atoms with Crippen molar-refractivity contribution in [2.75, 3.05) is 7.11 Å². The first-order valence-electron chi connectivity index (χ1n) is 9.60. The van der Waals surface area contributed by atoms with Crippen molar-refractivity contribution in [1.82, 2.24) is 24.7 Å². The van der Waals surface area contributed by atoms with E-state index >= 15 is 0 Å². The van der Waals surface area contributed by atoms with Gasteiger partial charge in [0.15, 0.2) is 5.65 Å². The fourth-order valence-corrected chi connectivity index (χ4v) is 3.90. The van der Waals surface area contributed by atoms with Crippen LogP contribution in [-0.2, 0) is 6.54 Å². The first-order chi connectivity index (χ1) is 15.0. The molecule has 0 amide bonds. The minimum Gasteiger partial charge on any atom is -0.497 e. The Morgan fingerprint density at radius 1 is 1.10 bits per heavy atom. The lowest BCUT2D eigenvalue weighted by molar-refractivity contribution is 0.411. The number of fused-ring (bicyclic) bond motifs is 2. The van der Waals surface area contributed by atoms with Gasteiger partial charge in [-0.25, -0.2) is 24.0 Å². The van der Waals surface area contributed by atoms with Crippen LogP contribution in [0.2, 0.25) is 5.15 Å². The molecule has 3 aromatic heterocycles. The van der Waals surface area contributed by atoms with E-state index in [1.54, 1.807) is 10.7 Å². The number of halogens is 2. The van der Waals surface area contributed by atoms with Gasteiger partial charge in [0.25, 0.3) is 0 Å². The predicted octanol–water partition coefficient (Wildman–Crippen LogP) is 5.20. The SMILES string of the molecule is COc1cc(F)cc(-c2nn(Cc3cc4ccccc4nc3Cl)c3ncnc(C)c23)c1. The summed E-state index contributed by atoms with van der Waals surface area (Å²) in [6.07, 6.45) is 1.49. The van der Waals surface area contributed by atoms with Crippen molar-refractivity contribution in [1.29, 1.82) is 0 Å². The number of pyridine rings is 1. The van der Waals surface area contributed by atoms with E-state index < -0.39 is 5.82 Å². The molecule has 0 spiro atoms. The van der Waals surface area contributed by atoms with Gasteiger partial charge in [-0.05, 0) is 31.2 Å². The Morgan fingerprint density at radius 3 is 2.77 bits per heavy atom. The Hall–Kier alpha value is -3.58. The normalized spacial score (nSPS) is 11.4. The lowest BCUT2D eigenvalue weighted by Crippen LogP contribution is -2.04. The Labute approximate surface area is 182 Å². The van der Waals surface area contributed by atoms with Crippen LogP contribution in [0.4, 0.5) is 4.39 Å². The zero-order valence-electron chi connectivity index (χ0n) is 16.8. The molecule has 0 unspecified atom stereocenters. The van der Waals surface area contributed by atoms with Crippen LogP contribution in [0.15, 0.2) is 54.9 Å². The molecule has 154 valence electrons. The Morgan fingerprint density at radius 2 is 1.94 bits per heavy atom. The second-order valence-corrected chi connectivity index (χ2v) is 7.53. The van der Waals surface area contributed by atoms with Crippen LogP contribution in [0.3, 0.4) is 0 Å². The van der Waals surface area contributed by atoms with E-state index in [2.05, 4.69) is 15.0 Å². The summed E-state index contributed by atoms with van der Waals surface area (Å²) in [5.41, 5.74) is 4.18. The molecule has 2 aromatic carbocycles. The molecule has 3 heterocycles. The van der Waals surface area contributed by atoms with Crippen LogP contribution in [0.5, 0.6) is 5.75 Å². The van der Waals surface area contributed by atoms with Crippen LogP contribution in [0.25, 0.3) is 33.2 Å². The van der Waals surface area contributed by atoms with Gasteiger partial charge in [-0.15, -0.1) is 0 Å². The lowest BCUT2D eigenvalue weighted by atomic mass is 10.1. The van der Waals surface area contributed by atoms with E-state index in [1.165, 1.54) is 25.6 Å². The summed E-state index contributed by atoms with van der Waals surface area (Å²) in [6, 6.07) is 14.3. The van der Waals surface area contributed by atoms with Gasteiger partial charge in [0.05, 0.1) is 30.3 Å². The molecule has 0 aliphatic heterocycles. The monoisotopic (exact) mass is 433 g/mol. The quantitative estimate of drug-likeness (QED) is 0.364. The first kappa shape index (κ1) is 19.4. The van der Waals surface area contributed by atoms with Crippen molar-refractivity contribution in [3.05, 3.63) is 77.1 Å². The number of hydrogen-bond acceptors (Lipinski definition) is 5. The van der Waals surface area contributed by atoms with Crippen molar-refractivity contribution in [2.24, 2.45) is 0 Å². The van der Waals surface area contributed by atoms with Crippen LogP contribution < -0.4 is 4.74 Å². The minimum absolute atomic E-state index is 0.357. The highest BCUT2D eigenvalue weighted by Gasteiger charge is 2.19. The summed E-state index contributed by atoms with van der Waals surface area (Å²) in [7, 11) is 1.50. The number of hydrogen-bond donors (Lipinski definition) is 0. The van der Waals surface area contributed by atoms with Crippen LogP contribution in [0, 0.1) is 12.7 Å². The van der Waals surface area contributed by atoms with Crippen LogP contribution in [-0.4, -0.2) is 31.8 Å². The van der Waals surface area contributed by atoms with Gasteiger partial charge in [0.2, 0.25) is 0 Å². The summed E-state index contributed by atoms with van der Waals surface area (Å²) in [6.45, 7) is 2.23. The molecular weight excluding hydrogens is 417 g/mol. The Kier molecular flexibility index (Phi) is 4.75. The molecule has 5 rings (SSSR count). The molecule has 0 aliphatic rings. The van der Waals surface area contributed by atoms with Gasteiger partial charge < -0.3 is 4.74 Å². The van der Waals surface area contributed by atoms with E-state index in [-0.39, 0.29) is 0 Å². The van der Waals surface area contributed by atoms with Crippen molar-refractivity contribution in [3.63, 3.8) is 0 Å². The summed E-state index contributed by atoms with van der Waals surface area (Å²) in [4.78, 5) is 13.2. The highest BCUT2D eigenvalue weighted by molar-refractivity contribution is 6.30. The molecule has 8 heteroatoms. The zero-order chi connectivity index (χ0) is 21.5. The van der Waals surface area contributed by atoms with Gasteiger partial charge in [-0.3, -0.25) is 0 Å². The molecule has 5 aromatic rings. The number of nitrogens with zero attached hydrogens (tertiary/aromatic N) is 5. The van der Waals surface area contributed by atoms with E-state index in [4.69, 9.17) is 21.4 Å². The van der Waals surface area contributed by atoms with Gasteiger partial charge in [-0.1, -0.05) is 29.8 Å². The van der Waals surface area contributed by atoms with Crippen molar-refractivity contribution < 1.29 is 9.13 Å². The standard InChI is InChI=1S/C23H17ClFN5O/c1-13-20-21(15-8-17(25)10-18(9-15)31-2)29-30(23(20)27-12-26-13)11-16-7-14-5-3-4-6-19(14)28-22(16)24/h3-10,12H,11H2,1-2H3. The molecule has 6 nitrogen and oxygen atoms in total. The molecule has 0 saturated heterocycles. The third-order valence-electron chi connectivity index (χ3n) is 5.17. The summed E-state index contributed by atoms with van der Waals surface area (Å²) >= 11 is 6.47. The second kappa shape index (κ2) is 7.59. The fraction of sp³-hybridized carbons (Fsp3) is 0.130. The highest BCUT2D eigenvalue weighted by atomic mass is 35.5. The number of para-hydroxylation sites is 1. The molecular formula is C23H17ClFN5O. The number of aromatic nitrogens is 5. The first-order valence-corrected chi connectivity index (χ1v) is 9.98. The van der Waals surface area contributed by atoms with Crippen LogP contribution >= 0.6 is 11.6 Å². The molecule has 0 atom stereocenters. The third-order valence-corrected chi connectivity index (χ3v) is 5.50. The molecule has 0 bridgehead atoms. The van der Waals surface area contributed by atoms with E-state index in [0.717, 1.165) is 27.5 Å². The molecule has 0 radical (unpaired) electrons. The van der Waals surface area contributed by atoms with Crippen molar-refractivity contribution in [3.8, 4) is 17.0 Å². The average Bonchev–Trinajstić information content (AvgIpc) is 3.13. The zero-order valence-corrected chi connectivity index (χ0v) is 17.6. The largest absolute Gasteiger partial charge is 0.497 e. The number of aryl methyl sites for hydroxylation is 1. The van der Waals surface area contributed by atoms with E-state index in [9.17, 15) is 4.39 Å². The topological polar surface area (TPSA) is 65.7 Å². The lowest BCUT2D eigenvalue weighted by Gasteiger charge is -2.07. The van der Waals surface area contributed by atoms with Gasteiger partial charge >= 0.3 is 0 Å². The smallest absolute Gasteiger partial charge is 0.162 e. The fourth-order valence-electron chi connectivity index (χ4n) is 3.69. The third kappa shape index (κ3) is 3.47. The summed E-state index contributed by atoms with van der Waals surface area (Å²) in [5, 5.41) is 6.90. The number of benzene rings is 2. The molecule has 0 N–H and O–H groups in total. The predicted molar refractivity (Wildman–Crippen MR) is 118 cm³/mol. The maximum absolute atomic E-state index is 14.2. The number of rotatable bonds is 4. The van der Waals surface area contributed by atoms with Gasteiger partial charge in [0.1, 0.15) is 28.7 Å². The molecule has 0 fully saturated rings. The Balaban J connectivity index is 1.68. The molecule has 0 saturated carbocycles. The molecule has 31 heavy (non-hydrogen) atoms. The summed E-state index contributed by atoms with van der Waals surface area (Å²) in [5.74, 6) is 0.00213. The van der Waals surface area contributed by atoms with Crippen molar-refractivity contribution in [2.45, 2.75) is 13.5 Å². The average molecular weight is 434 g/mol. The minimum atomic E-state index is -0.409. The maximum Gasteiger partial charge on any atom is 0.162 e. The van der Waals surface area contributed by atoms with Crippen LogP contribution in [0.1, 0.15) is 11.3 Å². The highest BCUT2D eigenvalue weighted by Crippen LogP contribution is 2.32. The van der Waals surface area contributed by atoms with Gasteiger partial charge in [0, 0.05) is 22.6 Å².